The first kappa shape index (κ1) is 16.0. The molecule has 2 aromatic rings. The monoisotopic (exact) mass is 331 g/mol. The lowest BCUT2D eigenvalue weighted by atomic mass is 9.93. The number of imidazole rings is 1. The predicted octanol–water partition coefficient (Wildman–Crippen LogP) is 3.08. The third-order valence-corrected chi connectivity index (χ3v) is 4.66. The minimum absolute atomic E-state index is 0.110. The van der Waals surface area contributed by atoms with Crippen molar-refractivity contribution in [3.05, 3.63) is 47.0 Å². The van der Waals surface area contributed by atoms with Gasteiger partial charge in [-0.1, -0.05) is 18.2 Å². The van der Waals surface area contributed by atoms with Crippen molar-refractivity contribution in [2.24, 2.45) is 5.92 Å². The molecule has 2 N–H and O–H groups in total. The molecule has 122 valence electrons. The summed E-state index contributed by atoms with van der Waals surface area (Å²) in [7, 11) is 0. The first-order valence-electron chi connectivity index (χ1n) is 7.91. The van der Waals surface area contributed by atoms with Crippen molar-refractivity contribution in [1.82, 2.24) is 14.9 Å². The Morgan fingerprint density at radius 1 is 1.35 bits per heavy atom. The smallest absolute Gasteiger partial charge is 0.270 e. The maximum atomic E-state index is 12.7. The van der Waals surface area contributed by atoms with E-state index in [2.05, 4.69) is 17.2 Å². The fraction of sp³-hybridized carbons (Fsp3) is 0.412. The van der Waals surface area contributed by atoms with Crippen LogP contribution in [0.15, 0.2) is 36.5 Å². The Labute approximate surface area is 140 Å². The number of carbonyl (C=O) groups excluding carboxylic acids is 1. The number of hydrogen-bond acceptors (Lipinski definition) is 3. The maximum absolute atomic E-state index is 12.7. The molecule has 3 rings (SSSR count). The summed E-state index contributed by atoms with van der Waals surface area (Å²) in [5.74, 6) is 0.347. The van der Waals surface area contributed by atoms with Crippen molar-refractivity contribution >= 4 is 18.1 Å². The number of benzene rings is 1. The number of amides is 1. The molecule has 1 atom stereocenters. The highest BCUT2D eigenvalue weighted by molar-refractivity contribution is 7.71. The zero-order chi connectivity index (χ0) is 16.2. The summed E-state index contributed by atoms with van der Waals surface area (Å²) in [5.41, 5.74) is 1.41. The summed E-state index contributed by atoms with van der Waals surface area (Å²) in [5, 5.41) is 3.11. The van der Waals surface area contributed by atoms with Gasteiger partial charge >= 0.3 is 0 Å². The zero-order valence-electron chi connectivity index (χ0n) is 13.1. The molecule has 1 amide bonds. The van der Waals surface area contributed by atoms with E-state index in [0.717, 1.165) is 31.7 Å². The van der Waals surface area contributed by atoms with E-state index in [1.54, 1.807) is 10.8 Å². The van der Waals surface area contributed by atoms with E-state index in [4.69, 9.17) is 17.0 Å². The van der Waals surface area contributed by atoms with Gasteiger partial charge in [-0.15, -0.1) is 0 Å². The fourth-order valence-electron chi connectivity index (χ4n) is 2.98. The van der Waals surface area contributed by atoms with E-state index in [-0.39, 0.29) is 11.9 Å². The van der Waals surface area contributed by atoms with Crippen LogP contribution in [0, 0.1) is 10.7 Å². The third-order valence-electron chi connectivity index (χ3n) is 4.36. The Morgan fingerprint density at radius 2 is 2.04 bits per heavy atom. The van der Waals surface area contributed by atoms with E-state index in [0.29, 0.717) is 16.4 Å². The van der Waals surface area contributed by atoms with Crippen LogP contribution in [0.2, 0.25) is 0 Å². The lowest BCUT2D eigenvalue weighted by Crippen LogP contribution is -2.40. The molecule has 1 aliphatic heterocycles. The highest BCUT2D eigenvalue weighted by Gasteiger charge is 2.23. The lowest BCUT2D eigenvalue weighted by Gasteiger charge is -2.28. The third kappa shape index (κ3) is 3.54. The van der Waals surface area contributed by atoms with E-state index >= 15 is 0 Å². The number of H-pyrrole nitrogens is 1. The van der Waals surface area contributed by atoms with E-state index in [9.17, 15) is 4.79 Å². The molecule has 0 bridgehead atoms. The molecule has 1 fully saturated rings. The highest BCUT2D eigenvalue weighted by atomic mass is 32.1. The predicted molar refractivity (Wildman–Crippen MR) is 91.4 cm³/mol. The summed E-state index contributed by atoms with van der Waals surface area (Å²) >= 11 is 5.32. The molecule has 0 unspecified atom stereocenters. The van der Waals surface area contributed by atoms with Crippen LogP contribution < -0.4 is 5.32 Å². The second kappa shape index (κ2) is 7.10. The Hall–Kier alpha value is -1.92. The normalized spacial score (nSPS) is 16.9. The molecule has 0 radical (unpaired) electrons. The van der Waals surface area contributed by atoms with Crippen LogP contribution in [0.3, 0.4) is 0 Å². The number of para-hydroxylation sites is 1. The summed E-state index contributed by atoms with van der Waals surface area (Å²) in [6, 6.07) is 9.77. The standard InChI is InChI=1S/C17H21N3O2S/c1-12(13-7-9-22-10-8-13)19-16(21)15-11-18-17(23)20(15)14-5-3-2-4-6-14/h2-6,11-13H,7-10H2,1H3,(H,18,23)(H,19,21)/t12-/m0/s1. The molecule has 1 aromatic heterocycles. The van der Waals surface area contributed by atoms with Gasteiger partial charge in [-0.25, -0.2) is 0 Å². The lowest BCUT2D eigenvalue weighted by molar-refractivity contribution is 0.0537. The Morgan fingerprint density at radius 3 is 2.74 bits per heavy atom. The zero-order valence-corrected chi connectivity index (χ0v) is 13.9. The first-order chi connectivity index (χ1) is 11.2. The van der Waals surface area contributed by atoms with Gasteiger partial charge in [-0.05, 0) is 50.0 Å². The number of nitrogens with one attached hydrogen (secondary N) is 2. The van der Waals surface area contributed by atoms with Crippen molar-refractivity contribution in [2.75, 3.05) is 13.2 Å². The van der Waals surface area contributed by atoms with Crippen LogP contribution in [-0.2, 0) is 4.74 Å². The average molecular weight is 331 g/mol. The first-order valence-corrected chi connectivity index (χ1v) is 8.32. The largest absolute Gasteiger partial charge is 0.381 e. The van der Waals surface area contributed by atoms with Crippen molar-refractivity contribution in [3.8, 4) is 5.69 Å². The van der Waals surface area contributed by atoms with Crippen molar-refractivity contribution in [2.45, 2.75) is 25.8 Å². The Kier molecular flexibility index (Phi) is 4.93. The van der Waals surface area contributed by atoms with Crippen molar-refractivity contribution < 1.29 is 9.53 Å². The van der Waals surface area contributed by atoms with Crippen LogP contribution in [0.25, 0.3) is 5.69 Å². The van der Waals surface area contributed by atoms with E-state index in [1.807, 2.05) is 30.3 Å². The van der Waals surface area contributed by atoms with Gasteiger partial charge in [0.2, 0.25) is 0 Å². The summed E-state index contributed by atoms with van der Waals surface area (Å²) in [4.78, 5) is 15.6. The van der Waals surface area contributed by atoms with Crippen molar-refractivity contribution in [1.29, 1.82) is 0 Å². The molecule has 6 heteroatoms. The van der Waals surface area contributed by atoms with Gasteiger partial charge in [0.05, 0.1) is 0 Å². The molecule has 1 aliphatic rings. The maximum Gasteiger partial charge on any atom is 0.270 e. The van der Waals surface area contributed by atoms with Crippen LogP contribution in [0.5, 0.6) is 0 Å². The van der Waals surface area contributed by atoms with Gasteiger partial charge < -0.3 is 15.0 Å². The second-order valence-corrected chi connectivity index (χ2v) is 6.25. The van der Waals surface area contributed by atoms with Crippen molar-refractivity contribution in [3.63, 3.8) is 0 Å². The van der Waals surface area contributed by atoms with Gasteiger partial charge in [-0.2, -0.15) is 0 Å². The quantitative estimate of drug-likeness (QED) is 0.847. The molecule has 0 saturated carbocycles. The number of nitrogens with zero attached hydrogens (tertiary/aromatic N) is 1. The topological polar surface area (TPSA) is 59.0 Å². The average Bonchev–Trinajstić information content (AvgIpc) is 2.98. The second-order valence-electron chi connectivity index (χ2n) is 5.86. The summed E-state index contributed by atoms with van der Waals surface area (Å²) < 4.78 is 7.66. The number of rotatable bonds is 4. The molecule has 5 nitrogen and oxygen atoms in total. The van der Waals surface area contributed by atoms with Gasteiger partial charge in [0.1, 0.15) is 5.69 Å². The molecular weight excluding hydrogens is 310 g/mol. The van der Waals surface area contributed by atoms with Gasteiger partial charge in [-0.3, -0.25) is 9.36 Å². The summed E-state index contributed by atoms with van der Waals surface area (Å²) in [6.45, 7) is 3.60. The molecular formula is C17H21N3O2S. The van der Waals surface area contributed by atoms with E-state index < -0.39 is 0 Å². The summed E-state index contributed by atoms with van der Waals surface area (Å²) in [6.07, 6.45) is 3.64. The van der Waals surface area contributed by atoms with Gasteiger partial charge in [0.25, 0.3) is 5.91 Å². The number of aromatic nitrogens is 2. The SMILES string of the molecule is C[C@H](NC(=O)c1c[nH]c(=S)n1-c1ccccc1)C1CCOCC1. The number of carbonyl (C=O) groups is 1. The van der Waals surface area contributed by atoms with Crippen LogP contribution in [-0.4, -0.2) is 34.7 Å². The minimum Gasteiger partial charge on any atom is -0.381 e. The molecule has 0 aliphatic carbocycles. The number of hydrogen-bond donors (Lipinski definition) is 2. The minimum atomic E-state index is -0.111. The Bertz CT molecular complexity index is 717. The Balaban J connectivity index is 1.79. The fourth-order valence-corrected chi connectivity index (χ4v) is 3.25. The molecule has 0 spiro atoms. The molecule has 1 aromatic carbocycles. The number of aromatic amines is 1. The van der Waals surface area contributed by atoms with Gasteiger partial charge in [0.15, 0.2) is 4.77 Å². The van der Waals surface area contributed by atoms with Crippen LogP contribution in [0.4, 0.5) is 0 Å². The molecule has 23 heavy (non-hydrogen) atoms. The number of ether oxygens (including phenoxy) is 1. The molecule has 2 heterocycles. The molecule has 1 saturated heterocycles. The highest BCUT2D eigenvalue weighted by Crippen LogP contribution is 2.19. The van der Waals surface area contributed by atoms with E-state index in [1.165, 1.54) is 0 Å². The van der Waals surface area contributed by atoms with Crippen LogP contribution >= 0.6 is 12.2 Å². The van der Waals surface area contributed by atoms with Gasteiger partial charge in [0, 0.05) is 31.1 Å². The van der Waals surface area contributed by atoms with Crippen LogP contribution in [0.1, 0.15) is 30.3 Å².